The maximum atomic E-state index is 12.9. The van der Waals surface area contributed by atoms with Crippen molar-refractivity contribution in [3.63, 3.8) is 0 Å². The zero-order valence-electron chi connectivity index (χ0n) is 13.6. The minimum Gasteiger partial charge on any atom is -0.339 e. The lowest BCUT2D eigenvalue weighted by Gasteiger charge is -2.36. The van der Waals surface area contributed by atoms with Gasteiger partial charge in [0, 0.05) is 51.2 Å². The van der Waals surface area contributed by atoms with Crippen molar-refractivity contribution < 1.29 is 8.42 Å². The molecule has 1 aromatic rings. The van der Waals surface area contributed by atoms with Crippen LogP contribution in [0.2, 0.25) is 0 Å². The Bertz CT molecular complexity index is 610. The zero-order chi connectivity index (χ0) is 16.3. The van der Waals surface area contributed by atoms with Gasteiger partial charge < -0.3 is 4.90 Å². The lowest BCUT2D eigenvalue weighted by molar-refractivity contribution is 0.246. The van der Waals surface area contributed by atoms with Crippen molar-refractivity contribution in [3.05, 3.63) is 18.5 Å². The van der Waals surface area contributed by atoms with Gasteiger partial charge >= 0.3 is 0 Å². The summed E-state index contributed by atoms with van der Waals surface area (Å²) < 4.78 is 29.2. The molecule has 7 nitrogen and oxygen atoms in total. The molecule has 0 unspecified atom stereocenters. The first-order chi connectivity index (χ1) is 11.1. The summed E-state index contributed by atoms with van der Waals surface area (Å²) in [4.78, 5) is 10.6. The summed E-state index contributed by atoms with van der Waals surface area (Å²) >= 11 is 0. The molecule has 0 N–H and O–H groups in total. The van der Waals surface area contributed by atoms with Gasteiger partial charge in [0.2, 0.25) is 5.95 Å². The second-order valence-corrected chi connectivity index (χ2v) is 8.13. The van der Waals surface area contributed by atoms with E-state index < -0.39 is 10.2 Å². The first-order valence-electron chi connectivity index (χ1n) is 8.38. The van der Waals surface area contributed by atoms with Crippen LogP contribution in [0.4, 0.5) is 5.95 Å². The fraction of sp³-hybridized carbons (Fsp3) is 0.733. The molecule has 128 valence electrons. The fourth-order valence-electron chi connectivity index (χ4n) is 3.34. The monoisotopic (exact) mass is 339 g/mol. The van der Waals surface area contributed by atoms with Gasteiger partial charge in [-0.2, -0.15) is 17.0 Å². The second-order valence-electron chi connectivity index (χ2n) is 6.25. The molecule has 2 fully saturated rings. The predicted molar refractivity (Wildman–Crippen MR) is 89.4 cm³/mol. The standard InChI is InChI=1S/C15H25N5O2S/c1-14-6-2-3-11-20(14)23(21,22)19-10-5-9-18(12-13-19)15-16-7-4-8-17-15/h4,7-8,14H,2-3,5-6,9-13H2,1H3/t14-/m1/s1. The predicted octanol–water partition coefficient (Wildman–Crippen LogP) is 1.11. The number of aromatic nitrogens is 2. The molecule has 2 aliphatic rings. The van der Waals surface area contributed by atoms with Crippen LogP contribution < -0.4 is 4.90 Å². The molecule has 0 bridgehead atoms. The Kier molecular flexibility index (Phi) is 5.13. The van der Waals surface area contributed by atoms with Gasteiger partial charge in [-0.25, -0.2) is 9.97 Å². The zero-order valence-corrected chi connectivity index (χ0v) is 14.5. The van der Waals surface area contributed by atoms with Gasteiger partial charge in [0.05, 0.1) is 0 Å². The molecule has 0 amide bonds. The quantitative estimate of drug-likeness (QED) is 0.825. The topological polar surface area (TPSA) is 69.6 Å². The summed E-state index contributed by atoms with van der Waals surface area (Å²) in [6.45, 7) is 5.12. The van der Waals surface area contributed by atoms with Crippen LogP contribution >= 0.6 is 0 Å². The van der Waals surface area contributed by atoms with Gasteiger partial charge in [-0.1, -0.05) is 6.42 Å². The summed E-state index contributed by atoms with van der Waals surface area (Å²) in [5.41, 5.74) is 0. The summed E-state index contributed by atoms with van der Waals surface area (Å²) in [6, 6.07) is 1.89. The van der Waals surface area contributed by atoms with Gasteiger partial charge in [-0.3, -0.25) is 0 Å². The van der Waals surface area contributed by atoms with Gasteiger partial charge in [0.25, 0.3) is 10.2 Å². The van der Waals surface area contributed by atoms with Crippen molar-refractivity contribution in [2.75, 3.05) is 37.6 Å². The third-order valence-electron chi connectivity index (χ3n) is 4.65. The van der Waals surface area contributed by atoms with Crippen molar-refractivity contribution in [2.45, 2.75) is 38.6 Å². The van der Waals surface area contributed by atoms with Crippen LogP contribution in [0.1, 0.15) is 32.6 Å². The first-order valence-corrected chi connectivity index (χ1v) is 9.77. The molecule has 0 aromatic carbocycles. The molecule has 23 heavy (non-hydrogen) atoms. The van der Waals surface area contributed by atoms with E-state index in [2.05, 4.69) is 14.9 Å². The Morgan fingerprint density at radius 2 is 1.78 bits per heavy atom. The van der Waals surface area contributed by atoms with E-state index >= 15 is 0 Å². The Hall–Kier alpha value is -1.25. The number of anilines is 1. The largest absolute Gasteiger partial charge is 0.339 e. The minimum absolute atomic E-state index is 0.102. The molecule has 2 aliphatic heterocycles. The SMILES string of the molecule is C[C@@H]1CCCCN1S(=O)(=O)N1CCCN(c2ncccn2)CC1. The van der Waals surface area contributed by atoms with Crippen LogP contribution in [0.15, 0.2) is 18.5 Å². The number of hydrogen-bond acceptors (Lipinski definition) is 5. The molecule has 0 saturated carbocycles. The molecule has 0 aliphatic carbocycles. The third-order valence-corrected chi connectivity index (χ3v) is 6.81. The van der Waals surface area contributed by atoms with Crippen LogP contribution in [-0.4, -0.2) is 65.8 Å². The van der Waals surface area contributed by atoms with Crippen molar-refractivity contribution in [1.82, 2.24) is 18.6 Å². The van der Waals surface area contributed by atoms with E-state index in [1.54, 1.807) is 27.1 Å². The lowest BCUT2D eigenvalue weighted by Crippen LogP contribution is -2.50. The van der Waals surface area contributed by atoms with E-state index in [-0.39, 0.29) is 6.04 Å². The summed E-state index contributed by atoms with van der Waals surface area (Å²) in [6.07, 6.45) is 7.26. The van der Waals surface area contributed by atoms with E-state index in [0.29, 0.717) is 32.1 Å². The maximum Gasteiger partial charge on any atom is 0.282 e. The number of nitrogens with zero attached hydrogens (tertiary/aromatic N) is 5. The van der Waals surface area contributed by atoms with Crippen molar-refractivity contribution >= 4 is 16.2 Å². The highest BCUT2D eigenvalue weighted by molar-refractivity contribution is 7.86. The van der Waals surface area contributed by atoms with Crippen molar-refractivity contribution in [1.29, 1.82) is 0 Å². The smallest absolute Gasteiger partial charge is 0.282 e. The number of rotatable bonds is 3. The van der Waals surface area contributed by atoms with E-state index in [4.69, 9.17) is 0 Å². The summed E-state index contributed by atoms with van der Waals surface area (Å²) in [5.74, 6) is 0.679. The maximum absolute atomic E-state index is 12.9. The Labute approximate surface area is 138 Å². The Morgan fingerprint density at radius 3 is 2.52 bits per heavy atom. The van der Waals surface area contributed by atoms with Crippen LogP contribution in [0.25, 0.3) is 0 Å². The van der Waals surface area contributed by atoms with E-state index in [0.717, 1.165) is 32.2 Å². The Morgan fingerprint density at radius 1 is 1.00 bits per heavy atom. The highest BCUT2D eigenvalue weighted by Crippen LogP contribution is 2.23. The average molecular weight is 339 g/mol. The van der Waals surface area contributed by atoms with E-state index in [1.165, 1.54) is 0 Å². The van der Waals surface area contributed by atoms with E-state index in [1.807, 2.05) is 6.92 Å². The third kappa shape index (κ3) is 3.64. The summed E-state index contributed by atoms with van der Waals surface area (Å²) in [7, 11) is -3.36. The van der Waals surface area contributed by atoms with Gasteiger partial charge in [0.15, 0.2) is 0 Å². The molecule has 1 atom stereocenters. The summed E-state index contributed by atoms with van der Waals surface area (Å²) in [5, 5.41) is 0. The Balaban J connectivity index is 1.70. The number of piperidine rings is 1. The van der Waals surface area contributed by atoms with E-state index in [9.17, 15) is 8.42 Å². The molecular weight excluding hydrogens is 314 g/mol. The molecule has 0 spiro atoms. The second kappa shape index (κ2) is 7.11. The lowest BCUT2D eigenvalue weighted by atomic mass is 10.1. The molecular formula is C15H25N5O2S. The normalized spacial score (nSPS) is 25.3. The van der Waals surface area contributed by atoms with Crippen molar-refractivity contribution in [2.24, 2.45) is 0 Å². The van der Waals surface area contributed by atoms with Gasteiger partial charge in [-0.15, -0.1) is 0 Å². The molecule has 3 rings (SSSR count). The van der Waals surface area contributed by atoms with Crippen LogP contribution in [0, 0.1) is 0 Å². The van der Waals surface area contributed by atoms with Crippen LogP contribution in [0.3, 0.4) is 0 Å². The van der Waals surface area contributed by atoms with Crippen LogP contribution in [-0.2, 0) is 10.2 Å². The first kappa shape index (κ1) is 16.6. The van der Waals surface area contributed by atoms with Crippen molar-refractivity contribution in [3.8, 4) is 0 Å². The number of hydrogen-bond donors (Lipinski definition) is 0. The van der Waals surface area contributed by atoms with Gasteiger partial charge in [-0.05, 0) is 32.3 Å². The average Bonchev–Trinajstić information content (AvgIpc) is 2.82. The molecule has 3 heterocycles. The molecule has 0 radical (unpaired) electrons. The van der Waals surface area contributed by atoms with Crippen LogP contribution in [0.5, 0.6) is 0 Å². The minimum atomic E-state index is -3.36. The fourth-order valence-corrected chi connectivity index (χ4v) is 5.23. The van der Waals surface area contributed by atoms with Gasteiger partial charge in [0.1, 0.15) is 0 Å². The molecule has 8 heteroatoms. The molecule has 1 aromatic heterocycles. The highest BCUT2D eigenvalue weighted by atomic mass is 32.2. The molecule has 2 saturated heterocycles. The highest BCUT2D eigenvalue weighted by Gasteiger charge is 2.35.